The lowest BCUT2D eigenvalue weighted by Crippen LogP contribution is -2.26. The molecule has 0 atom stereocenters. The van der Waals surface area contributed by atoms with E-state index in [1.165, 1.54) is 0 Å². The standard InChI is InChI=1S/C15H17N7O/c1-11-14(7-16-18-11)9-21(2)15(23)13-5-3-12(4-6-13)8-22-10-17-19-20-22/h3-7,10H,8-9H2,1-2H3,(H,16,18). The Kier molecular flexibility index (Phi) is 4.13. The minimum absolute atomic E-state index is 0.0282. The quantitative estimate of drug-likeness (QED) is 0.759. The second-order valence-electron chi connectivity index (χ2n) is 5.39. The number of hydrogen-bond acceptors (Lipinski definition) is 5. The van der Waals surface area contributed by atoms with Gasteiger partial charge in [-0.25, -0.2) is 4.68 Å². The van der Waals surface area contributed by atoms with E-state index in [1.807, 2.05) is 31.2 Å². The van der Waals surface area contributed by atoms with E-state index in [-0.39, 0.29) is 5.91 Å². The van der Waals surface area contributed by atoms with Crippen LogP contribution in [0.25, 0.3) is 0 Å². The summed E-state index contributed by atoms with van der Waals surface area (Å²) in [5, 5.41) is 17.9. The van der Waals surface area contributed by atoms with Crippen molar-refractivity contribution in [1.29, 1.82) is 0 Å². The second-order valence-corrected chi connectivity index (χ2v) is 5.39. The summed E-state index contributed by atoms with van der Waals surface area (Å²) in [5.41, 5.74) is 3.66. The van der Waals surface area contributed by atoms with E-state index < -0.39 is 0 Å². The second kappa shape index (κ2) is 6.39. The van der Waals surface area contributed by atoms with Gasteiger partial charge in [0.1, 0.15) is 6.33 Å². The molecule has 23 heavy (non-hydrogen) atoms. The van der Waals surface area contributed by atoms with Gasteiger partial charge in [0.05, 0.1) is 12.7 Å². The van der Waals surface area contributed by atoms with Crippen LogP contribution in [0.4, 0.5) is 0 Å². The molecule has 1 aromatic carbocycles. The van der Waals surface area contributed by atoms with Gasteiger partial charge in [0.15, 0.2) is 0 Å². The monoisotopic (exact) mass is 311 g/mol. The van der Waals surface area contributed by atoms with Gasteiger partial charge in [-0.2, -0.15) is 5.10 Å². The van der Waals surface area contributed by atoms with Crippen molar-refractivity contribution >= 4 is 5.91 Å². The molecule has 3 aromatic rings. The van der Waals surface area contributed by atoms with Crippen LogP contribution in [-0.2, 0) is 13.1 Å². The molecule has 0 aliphatic heterocycles. The summed E-state index contributed by atoms with van der Waals surface area (Å²) in [4.78, 5) is 14.1. The zero-order chi connectivity index (χ0) is 16.2. The fourth-order valence-electron chi connectivity index (χ4n) is 2.28. The van der Waals surface area contributed by atoms with Crippen molar-refractivity contribution in [3.63, 3.8) is 0 Å². The Morgan fingerprint density at radius 2 is 2.09 bits per heavy atom. The third-order valence-corrected chi connectivity index (χ3v) is 3.63. The zero-order valence-corrected chi connectivity index (χ0v) is 13.0. The van der Waals surface area contributed by atoms with Crippen molar-refractivity contribution in [2.24, 2.45) is 0 Å². The third kappa shape index (κ3) is 3.42. The maximum absolute atomic E-state index is 12.5. The first-order chi connectivity index (χ1) is 11.1. The van der Waals surface area contributed by atoms with Crippen LogP contribution in [0.3, 0.4) is 0 Å². The van der Waals surface area contributed by atoms with Crippen molar-refractivity contribution in [3.8, 4) is 0 Å². The zero-order valence-electron chi connectivity index (χ0n) is 13.0. The minimum atomic E-state index is -0.0282. The first-order valence-electron chi connectivity index (χ1n) is 7.17. The van der Waals surface area contributed by atoms with E-state index in [0.717, 1.165) is 16.8 Å². The molecule has 1 amide bonds. The molecule has 0 radical (unpaired) electrons. The number of aromatic amines is 1. The Balaban J connectivity index is 1.66. The highest BCUT2D eigenvalue weighted by molar-refractivity contribution is 5.94. The van der Waals surface area contributed by atoms with Gasteiger partial charge >= 0.3 is 0 Å². The molecule has 0 spiro atoms. The SMILES string of the molecule is Cc1[nH]ncc1CN(C)C(=O)c1ccc(Cn2cnnn2)cc1. The number of carbonyl (C=O) groups excluding carboxylic acids is 1. The van der Waals surface area contributed by atoms with Crippen LogP contribution in [0, 0.1) is 6.92 Å². The molecule has 0 aliphatic carbocycles. The molecule has 1 N–H and O–H groups in total. The van der Waals surface area contributed by atoms with Crippen LogP contribution in [0.1, 0.15) is 27.2 Å². The number of hydrogen-bond donors (Lipinski definition) is 1. The number of benzene rings is 1. The van der Waals surface area contributed by atoms with Gasteiger partial charge in [-0.3, -0.25) is 9.89 Å². The number of aryl methyl sites for hydroxylation is 1. The summed E-state index contributed by atoms with van der Waals surface area (Å²) < 4.78 is 1.63. The Hall–Kier alpha value is -3.03. The Morgan fingerprint density at radius 1 is 1.30 bits per heavy atom. The van der Waals surface area contributed by atoms with E-state index in [1.54, 1.807) is 29.2 Å². The lowest BCUT2D eigenvalue weighted by Gasteiger charge is -2.17. The van der Waals surface area contributed by atoms with Crippen LogP contribution in [-0.4, -0.2) is 48.3 Å². The van der Waals surface area contributed by atoms with Gasteiger partial charge in [-0.05, 0) is 35.0 Å². The minimum Gasteiger partial charge on any atom is -0.337 e. The topological polar surface area (TPSA) is 92.6 Å². The normalized spacial score (nSPS) is 10.7. The molecule has 118 valence electrons. The van der Waals surface area contributed by atoms with Crippen LogP contribution in [0.15, 0.2) is 36.8 Å². The summed E-state index contributed by atoms with van der Waals surface area (Å²) in [6.45, 7) is 3.04. The number of aromatic nitrogens is 6. The maximum atomic E-state index is 12.5. The number of rotatable bonds is 5. The molecule has 0 fully saturated rings. The molecular weight excluding hydrogens is 294 g/mol. The summed E-state index contributed by atoms with van der Waals surface area (Å²) in [6.07, 6.45) is 3.30. The summed E-state index contributed by atoms with van der Waals surface area (Å²) in [5.74, 6) is -0.0282. The van der Waals surface area contributed by atoms with E-state index in [9.17, 15) is 4.79 Å². The molecule has 0 saturated heterocycles. The number of tetrazole rings is 1. The molecule has 8 nitrogen and oxygen atoms in total. The van der Waals surface area contributed by atoms with Crippen molar-refractivity contribution in [3.05, 3.63) is 59.2 Å². The third-order valence-electron chi connectivity index (χ3n) is 3.63. The van der Waals surface area contributed by atoms with Crippen molar-refractivity contribution in [1.82, 2.24) is 35.3 Å². The molecule has 2 heterocycles. The van der Waals surface area contributed by atoms with Crippen LogP contribution in [0.5, 0.6) is 0 Å². The van der Waals surface area contributed by atoms with Crippen LogP contribution < -0.4 is 0 Å². The molecule has 0 saturated carbocycles. The lowest BCUT2D eigenvalue weighted by molar-refractivity contribution is 0.0785. The van der Waals surface area contributed by atoms with E-state index >= 15 is 0 Å². The van der Waals surface area contributed by atoms with Crippen LogP contribution >= 0.6 is 0 Å². The molecule has 3 rings (SSSR count). The average Bonchev–Trinajstić information content (AvgIpc) is 3.20. The smallest absolute Gasteiger partial charge is 0.253 e. The van der Waals surface area contributed by atoms with Gasteiger partial charge in [0, 0.05) is 30.4 Å². The Labute approximate surface area is 133 Å². The number of H-pyrrole nitrogens is 1. The highest BCUT2D eigenvalue weighted by Crippen LogP contribution is 2.11. The number of nitrogens with one attached hydrogen (secondary N) is 1. The Morgan fingerprint density at radius 3 is 2.70 bits per heavy atom. The van der Waals surface area contributed by atoms with Gasteiger partial charge < -0.3 is 4.90 Å². The van der Waals surface area contributed by atoms with Crippen molar-refractivity contribution in [2.45, 2.75) is 20.0 Å². The number of amides is 1. The fourth-order valence-corrected chi connectivity index (χ4v) is 2.28. The molecule has 0 unspecified atom stereocenters. The average molecular weight is 311 g/mol. The van der Waals surface area contributed by atoms with Crippen LogP contribution in [0.2, 0.25) is 0 Å². The highest BCUT2D eigenvalue weighted by atomic mass is 16.2. The lowest BCUT2D eigenvalue weighted by atomic mass is 10.1. The highest BCUT2D eigenvalue weighted by Gasteiger charge is 2.13. The first kappa shape index (κ1) is 14.9. The molecule has 8 heteroatoms. The van der Waals surface area contributed by atoms with Gasteiger partial charge in [-0.1, -0.05) is 12.1 Å². The summed E-state index contributed by atoms with van der Waals surface area (Å²) in [7, 11) is 1.78. The van der Waals surface area contributed by atoms with Gasteiger partial charge in [0.2, 0.25) is 0 Å². The predicted octanol–water partition coefficient (Wildman–Crippen LogP) is 1.03. The predicted molar refractivity (Wildman–Crippen MR) is 82.5 cm³/mol. The van der Waals surface area contributed by atoms with Crippen molar-refractivity contribution in [2.75, 3.05) is 7.05 Å². The largest absolute Gasteiger partial charge is 0.337 e. The van der Waals surface area contributed by atoms with E-state index in [2.05, 4.69) is 25.7 Å². The molecule has 0 aliphatic rings. The van der Waals surface area contributed by atoms with E-state index in [4.69, 9.17) is 0 Å². The molecule has 0 bridgehead atoms. The fraction of sp³-hybridized carbons (Fsp3) is 0.267. The van der Waals surface area contributed by atoms with Gasteiger partial charge in [0.25, 0.3) is 5.91 Å². The number of carbonyl (C=O) groups is 1. The van der Waals surface area contributed by atoms with E-state index in [0.29, 0.717) is 18.7 Å². The summed E-state index contributed by atoms with van der Waals surface area (Å²) >= 11 is 0. The van der Waals surface area contributed by atoms with Gasteiger partial charge in [-0.15, -0.1) is 5.10 Å². The summed E-state index contributed by atoms with van der Waals surface area (Å²) in [6, 6.07) is 7.46. The first-order valence-corrected chi connectivity index (χ1v) is 7.17. The van der Waals surface area contributed by atoms with Crippen molar-refractivity contribution < 1.29 is 4.79 Å². The maximum Gasteiger partial charge on any atom is 0.253 e. The number of nitrogens with zero attached hydrogens (tertiary/aromatic N) is 6. The molecule has 2 aromatic heterocycles. The Bertz CT molecular complexity index is 777. The molecular formula is C15H17N7O.